The molecule has 2 nitrogen and oxygen atoms in total. The van der Waals surface area contributed by atoms with E-state index in [9.17, 15) is 0 Å². The van der Waals surface area contributed by atoms with Crippen LogP contribution < -0.4 is 5.43 Å². The molecule has 98 valence electrons. The Morgan fingerprint density at radius 1 is 0.895 bits per heavy atom. The molecule has 0 saturated heterocycles. The molecule has 0 bridgehead atoms. The first-order valence-corrected chi connectivity index (χ1v) is 6.77. The van der Waals surface area contributed by atoms with Gasteiger partial charge in [0.15, 0.2) is 0 Å². The topological polar surface area (TPSA) is 24.4 Å². The molecule has 0 aromatic heterocycles. The van der Waals surface area contributed by atoms with Gasteiger partial charge in [0.25, 0.3) is 0 Å². The number of rotatable bonds is 3. The molecule has 0 fully saturated rings. The van der Waals surface area contributed by atoms with Gasteiger partial charge in [-0.05, 0) is 18.2 Å². The maximum Gasteiger partial charge on any atom is 0.0935 e. The second-order valence-corrected chi connectivity index (χ2v) is 5.29. The third-order valence-electron chi connectivity index (χ3n) is 2.29. The normalized spacial score (nSPS) is 10.9. The minimum Gasteiger partial charge on any atom is -0.275 e. The number of benzene rings is 2. The summed E-state index contributed by atoms with van der Waals surface area (Å²) in [7, 11) is 0. The van der Waals surface area contributed by atoms with E-state index in [1.165, 1.54) is 0 Å². The molecule has 0 aliphatic carbocycles. The van der Waals surface area contributed by atoms with Gasteiger partial charge in [-0.15, -0.1) is 0 Å². The summed E-state index contributed by atoms with van der Waals surface area (Å²) in [6, 6.07) is 10.5. The van der Waals surface area contributed by atoms with Crippen molar-refractivity contribution in [1.82, 2.24) is 0 Å². The van der Waals surface area contributed by atoms with Gasteiger partial charge in [0.05, 0.1) is 21.9 Å². The number of hydrazone groups is 1. The molecule has 0 radical (unpaired) electrons. The van der Waals surface area contributed by atoms with Crippen molar-refractivity contribution >= 4 is 58.3 Å². The Morgan fingerprint density at radius 2 is 1.53 bits per heavy atom. The molecule has 2 rings (SSSR count). The summed E-state index contributed by atoms with van der Waals surface area (Å²) in [6.45, 7) is 0. The third-order valence-corrected chi connectivity index (χ3v) is 3.45. The lowest BCUT2D eigenvalue weighted by Gasteiger charge is -2.06. The zero-order valence-electron chi connectivity index (χ0n) is 9.50. The van der Waals surface area contributed by atoms with Gasteiger partial charge in [-0.25, -0.2) is 0 Å². The Morgan fingerprint density at radius 3 is 2.16 bits per heavy atom. The van der Waals surface area contributed by atoms with E-state index in [0.717, 1.165) is 5.56 Å². The van der Waals surface area contributed by atoms with Crippen LogP contribution >= 0.6 is 46.4 Å². The first-order chi connectivity index (χ1) is 9.08. The molecule has 6 heteroatoms. The molecule has 19 heavy (non-hydrogen) atoms. The van der Waals surface area contributed by atoms with Crippen molar-refractivity contribution in [3.8, 4) is 0 Å². The fraction of sp³-hybridized carbons (Fsp3) is 0. The largest absolute Gasteiger partial charge is 0.275 e. The average molecular weight is 334 g/mol. The Kier molecular flexibility index (Phi) is 4.94. The minimum absolute atomic E-state index is 0.397. The van der Waals surface area contributed by atoms with E-state index < -0.39 is 0 Å². The molecular formula is C13H8Cl4N2. The van der Waals surface area contributed by atoms with Crippen LogP contribution in [0, 0.1) is 0 Å². The standard InChI is InChI=1S/C13H8Cl4N2/c14-9-5-11(16)13(12(17)6-9)19-18-7-8-3-1-2-4-10(8)15/h1-7,19H/b18-7+. The third kappa shape index (κ3) is 3.77. The second kappa shape index (κ2) is 6.49. The molecule has 0 heterocycles. The van der Waals surface area contributed by atoms with Crippen molar-refractivity contribution in [1.29, 1.82) is 0 Å². The van der Waals surface area contributed by atoms with E-state index in [2.05, 4.69) is 10.5 Å². The average Bonchev–Trinajstić information content (AvgIpc) is 2.34. The molecule has 0 atom stereocenters. The van der Waals surface area contributed by atoms with Crippen molar-refractivity contribution in [2.24, 2.45) is 5.10 Å². The van der Waals surface area contributed by atoms with Gasteiger partial charge in [-0.3, -0.25) is 5.43 Å². The second-order valence-electron chi connectivity index (χ2n) is 3.64. The van der Waals surface area contributed by atoms with Gasteiger partial charge in [-0.2, -0.15) is 5.10 Å². The number of anilines is 1. The lowest BCUT2D eigenvalue weighted by atomic mass is 10.2. The van der Waals surface area contributed by atoms with E-state index in [4.69, 9.17) is 46.4 Å². The highest BCUT2D eigenvalue weighted by molar-refractivity contribution is 6.41. The molecule has 1 N–H and O–H groups in total. The van der Waals surface area contributed by atoms with E-state index in [0.29, 0.717) is 25.8 Å². The molecule has 0 unspecified atom stereocenters. The number of hydrogen-bond donors (Lipinski definition) is 1. The molecular weight excluding hydrogens is 326 g/mol. The van der Waals surface area contributed by atoms with Crippen LogP contribution in [0.2, 0.25) is 20.1 Å². The highest BCUT2D eigenvalue weighted by Crippen LogP contribution is 2.33. The predicted octanol–water partition coefficient (Wildman–Crippen LogP) is 5.75. The van der Waals surface area contributed by atoms with Crippen LogP contribution in [-0.4, -0.2) is 6.21 Å². The van der Waals surface area contributed by atoms with Crippen LogP contribution in [0.5, 0.6) is 0 Å². The Balaban J connectivity index is 2.18. The number of nitrogens with one attached hydrogen (secondary N) is 1. The Labute approximate surface area is 130 Å². The van der Waals surface area contributed by atoms with Crippen LogP contribution in [0.3, 0.4) is 0 Å². The lowest BCUT2D eigenvalue weighted by molar-refractivity contribution is 1.35. The van der Waals surface area contributed by atoms with E-state index in [-0.39, 0.29) is 0 Å². The molecule has 0 aliphatic heterocycles. The summed E-state index contributed by atoms with van der Waals surface area (Å²) in [4.78, 5) is 0. The van der Waals surface area contributed by atoms with Gasteiger partial charge in [0.1, 0.15) is 0 Å². The van der Waals surface area contributed by atoms with Crippen LogP contribution in [0.1, 0.15) is 5.56 Å². The summed E-state index contributed by atoms with van der Waals surface area (Å²) in [5, 5.41) is 5.93. The summed E-state index contributed by atoms with van der Waals surface area (Å²) in [5.74, 6) is 0. The van der Waals surface area contributed by atoms with Crippen LogP contribution in [-0.2, 0) is 0 Å². The van der Waals surface area contributed by atoms with Gasteiger partial charge in [0.2, 0.25) is 0 Å². The predicted molar refractivity (Wildman–Crippen MR) is 84.1 cm³/mol. The molecule has 0 aliphatic rings. The first kappa shape index (κ1) is 14.5. The molecule has 2 aromatic rings. The van der Waals surface area contributed by atoms with E-state index >= 15 is 0 Å². The highest BCUT2D eigenvalue weighted by Gasteiger charge is 2.06. The quantitative estimate of drug-likeness (QED) is 0.561. The van der Waals surface area contributed by atoms with Crippen molar-refractivity contribution in [2.45, 2.75) is 0 Å². The Bertz CT molecular complexity index is 603. The SMILES string of the molecule is Clc1cc(Cl)c(N/N=C/c2ccccc2Cl)c(Cl)c1. The fourth-order valence-electron chi connectivity index (χ4n) is 1.40. The van der Waals surface area contributed by atoms with Gasteiger partial charge in [-0.1, -0.05) is 64.6 Å². The zero-order chi connectivity index (χ0) is 13.8. The molecule has 0 spiro atoms. The smallest absolute Gasteiger partial charge is 0.0935 e. The van der Waals surface area contributed by atoms with Gasteiger partial charge < -0.3 is 0 Å². The number of halogens is 4. The molecule has 0 amide bonds. The van der Waals surface area contributed by atoms with Crippen LogP contribution in [0.4, 0.5) is 5.69 Å². The van der Waals surface area contributed by atoms with Crippen LogP contribution in [0.15, 0.2) is 41.5 Å². The van der Waals surface area contributed by atoms with Gasteiger partial charge >= 0.3 is 0 Å². The van der Waals surface area contributed by atoms with E-state index in [1.54, 1.807) is 24.4 Å². The molecule has 0 saturated carbocycles. The van der Waals surface area contributed by atoms with Crippen molar-refractivity contribution in [2.75, 3.05) is 5.43 Å². The van der Waals surface area contributed by atoms with Crippen molar-refractivity contribution < 1.29 is 0 Å². The summed E-state index contributed by atoms with van der Waals surface area (Å²) >= 11 is 23.9. The summed E-state index contributed by atoms with van der Waals surface area (Å²) in [5.41, 5.74) is 4.06. The van der Waals surface area contributed by atoms with Crippen molar-refractivity contribution in [3.05, 3.63) is 62.1 Å². The summed E-state index contributed by atoms with van der Waals surface area (Å²) < 4.78 is 0. The minimum atomic E-state index is 0.397. The van der Waals surface area contributed by atoms with E-state index in [1.807, 2.05) is 18.2 Å². The lowest BCUT2D eigenvalue weighted by Crippen LogP contribution is -1.93. The highest BCUT2D eigenvalue weighted by atomic mass is 35.5. The monoisotopic (exact) mass is 332 g/mol. The molecule has 2 aromatic carbocycles. The van der Waals surface area contributed by atoms with Crippen LogP contribution in [0.25, 0.3) is 0 Å². The first-order valence-electron chi connectivity index (χ1n) is 5.26. The number of nitrogens with zero attached hydrogens (tertiary/aromatic N) is 1. The summed E-state index contributed by atoms with van der Waals surface area (Å²) in [6.07, 6.45) is 1.59. The Hall–Kier alpha value is -0.930. The maximum atomic E-state index is 6.02. The maximum absolute atomic E-state index is 6.02. The fourth-order valence-corrected chi connectivity index (χ4v) is 2.48. The van der Waals surface area contributed by atoms with Crippen molar-refractivity contribution in [3.63, 3.8) is 0 Å². The number of hydrogen-bond acceptors (Lipinski definition) is 2. The zero-order valence-corrected chi connectivity index (χ0v) is 12.5. The van der Waals surface area contributed by atoms with Gasteiger partial charge in [0, 0.05) is 15.6 Å².